The third kappa shape index (κ3) is 8.98. The van der Waals surface area contributed by atoms with Crippen LogP contribution >= 0.6 is 11.6 Å². The van der Waals surface area contributed by atoms with E-state index in [1.807, 2.05) is 26.8 Å². The van der Waals surface area contributed by atoms with Crippen LogP contribution in [-0.2, 0) is 21.4 Å². The molecule has 7 heteroatoms. The SMILES string of the molecule is CCCCCCCCOC(=O)CCc1cc(N=Nc2ccc(Cl)cc2N)c(O)c(C(C)(C)C)c1. The van der Waals surface area contributed by atoms with Gasteiger partial charge in [0.25, 0.3) is 0 Å². The number of esters is 1. The van der Waals surface area contributed by atoms with Crippen LogP contribution in [0.3, 0.4) is 0 Å². The number of carbonyl (C=O) groups is 1. The normalized spacial score (nSPS) is 11.8. The van der Waals surface area contributed by atoms with Crippen LogP contribution in [0.1, 0.15) is 83.8 Å². The molecule has 3 N–H and O–H groups in total. The van der Waals surface area contributed by atoms with E-state index in [0.717, 1.165) is 24.0 Å². The van der Waals surface area contributed by atoms with E-state index in [4.69, 9.17) is 22.1 Å². The zero-order chi connectivity index (χ0) is 25.1. The number of benzene rings is 2. The number of phenolic OH excluding ortho intramolecular Hbond substituents is 1. The average molecular weight is 488 g/mol. The number of phenols is 1. The Bertz CT molecular complexity index is 984. The Hall–Kier alpha value is -2.60. The summed E-state index contributed by atoms with van der Waals surface area (Å²) in [7, 11) is 0. The summed E-state index contributed by atoms with van der Waals surface area (Å²) in [4.78, 5) is 12.2. The number of ether oxygens (including phenoxy) is 1. The maximum Gasteiger partial charge on any atom is 0.306 e. The molecule has 34 heavy (non-hydrogen) atoms. The van der Waals surface area contributed by atoms with E-state index in [0.29, 0.717) is 35.1 Å². The van der Waals surface area contributed by atoms with Gasteiger partial charge < -0.3 is 15.6 Å². The summed E-state index contributed by atoms with van der Waals surface area (Å²) in [5.74, 6) is -0.144. The lowest BCUT2D eigenvalue weighted by Gasteiger charge is -2.22. The number of nitrogens with zero attached hydrogens (tertiary/aromatic N) is 2. The summed E-state index contributed by atoms with van der Waals surface area (Å²) in [6.07, 6.45) is 7.67. The molecule has 0 saturated heterocycles. The summed E-state index contributed by atoms with van der Waals surface area (Å²) >= 11 is 5.95. The molecule has 0 aromatic heterocycles. The van der Waals surface area contributed by atoms with Gasteiger partial charge >= 0.3 is 5.97 Å². The van der Waals surface area contributed by atoms with Crippen molar-refractivity contribution in [2.24, 2.45) is 10.2 Å². The molecule has 0 unspecified atom stereocenters. The Labute approximate surface area is 208 Å². The molecule has 186 valence electrons. The largest absolute Gasteiger partial charge is 0.505 e. The van der Waals surface area contributed by atoms with E-state index in [1.54, 1.807) is 24.3 Å². The van der Waals surface area contributed by atoms with Crippen molar-refractivity contribution in [3.05, 3.63) is 46.5 Å². The number of nitrogens with two attached hydrogens (primary N) is 1. The molecular weight excluding hydrogens is 450 g/mol. The molecule has 0 spiro atoms. The number of unbranched alkanes of at least 4 members (excludes halogenated alkanes) is 5. The van der Waals surface area contributed by atoms with Crippen molar-refractivity contribution in [2.75, 3.05) is 12.3 Å². The van der Waals surface area contributed by atoms with Gasteiger partial charge in [0.05, 0.1) is 12.3 Å². The molecule has 0 bridgehead atoms. The number of nitrogen functional groups attached to an aromatic ring is 1. The van der Waals surface area contributed by atoms with Crippen molar-refractivity contribution in [2.45, 2.75) is 84.5 Å². The van der Waals surface area contributed by atoms with Crippen molar-refractivity contribution in [1.29, 1.82) is 0 Å². The first-order valence-corrected chi connectivity index (χ1v) is 12.5. The molecule has 0 saturated carbocycles. The number of rotatable bonds is 12. The van der Waals surface area contributed by atoms with E-state index in [2.05, 4.69) is 17.2 Å². The summed E-state index contributed by atoms with van der Waals surface area (Å²) in [6.45, 7) is 8.70. The van der Waals surface area contributed by atoms with Crippen LogP contribution in [-0.4, -0.2) is 17.7 Å². The molecule has 0 aliphatic heterocycles. The molecule has 0 atom stereocenters. The Morgan fingerprint density at radius 1 is 1.03 bits per heavy atom. The van der Waals surface area contributed by atoms with Crippen LogP contribution in [0.4, 0.5) is 17.1 Å². The molecule has 0 fully saturated rings. The van der Waals surface area contributed by atoms with Gasteiger partial charge in [-0.25, -0.2) is 0 Å². The summed E-state index contributed by atoms with van der Waals surface area (Å²) < 4.78 is 5.39. The van der Waals surface area contributed by atoms with Crippen LogP contribution in [0.15, 0.2) is 40.6 Å². The fourth-order valence-corrected chi connectivity index (χ4v) is 3.76. The van der Waals surface area contributed by atoms with E-state index in [-0.39, 0.29) is 23.6 Å². The van der Waals surface area contributed by atoms with Gasteiger partial charge in [0.1, 0.15) is 17.1 Å². The summed E-state index contributed by atoms with van der Waals surface area (Å²) in [6, 6.07) is 8.63. The van der Waals surface area contributed by atoms with E-state index in [1.165, 1.54) is 25.7 Å². The molecule has 2 rings (SSSR count). The van der Waals surface area contributed by atoms with Gasteiger partial charge in [0, 0.05) is 17.0 Å². The molecule has 0 aliphatic carbocycles. The number of anilines is 1. The topological polar surface area (TPSA) is 97.3 Å². The number of carbonyl (C=O) groups excluding carboxylic acids is 1. The Balaban J connectivity index is 2.06. The third-order valence-electron chi connectivity index (χ3n) is 5.59. The second-order valence-corrected chi connectivity index (χ2v) is 10.1. The summed E-state index contributed by atoms with van der Waals surface area (Å²) in [5.41, 5.74) is 8.46. The molecule has 2 aromatic rings. The van der Waals surface area contributed by atoms with E-state index in [9.17, 15) is 9.90 Å². The van der Waals surface area contributed by atoms with Gasteiger partial charge in [0.15, 0.2) is 0 Å². The van der Waals surface area contributed by atoms with Gasteiger partial charge in [-0.3, -0.25) is 4.79 Å². The lowest BCUT2D eigenvalue weighted by atomic mass is 9.84. The highest BCUT2D eigenvalue weighted by molar-refractivity contribution is 6.31. The second-order valence-electron chi connectivity index (χ2n) is 9.65. The highest BCUT2D eigenvalue weighted by atomic mass is 35.5. The minimum Gasteiger partial charge on any atom is -0.505 e. The van der Waals surface area contributed by atoms with Crippen molar-refractivity contribution < 1.29 is 14.6 Å². The van der Waals surface area contributed by atoms with Crippen molar-refractivity contribution in [3.63, 3.8) is 0 Å². The standard InChI is InChI=1S/C27H38ClN3O3/c1-5-6-7-8-9-10-15-34-25(32)14-11-19-16-21(27(2,3)4)26(33)24(17-19)31-30-23-13-12-20(28)18-22(23)29/h12-13,16-18,33H,5-11,14-15,29H2,1-4H3. The minimum absolute atomic E-state index is 0.0678. The predicted molar refractivity (Wildman–Crippen MR) is 140 cm³/mol. The number of aromatic hydroxyl groups is 1. The lowest BCUT2D eigenvalue weighted by molar-refractivity contribution is -0.143. The number of hydrogen-bond donors (Lipinski definition) is 2. The minimum atomic E-state index is -0.318. The number of azo groups is 1. The molecule has 0 heterocycles. The van der Waals surface area contributed by atoms with Gasteiger partial charge in [0.2, 0.25) is 0 Å². The Morgan fingerprint density at radius 3 is 2.38 bits per heavy atom. The lowest BCUT2D eigenvalue weighted by Crippen LogP contribution is -2.12. The van der Waals surface area contributed by atoms with Gasteiger partial charge in [-0.15, -0.1) is 10.2 Å². The fourth-order valence-electron chi connectivity index (χ4n) is 3.58. The molecule has 0 amide bonds. The fraction of sp³-hybridized carbons (Fsp3) is 0.519. The Morgan fingerprint density at radius 2 is 1.71 bits per heavy atom. The zero-order valence-corrected chi connectivity index (χ0v) is 21.6. The maximum absolute atomic E-state index is 12.2. The van der Waals surface area contributed by atoms with Gasteiger partial charge in [-0.2, -0.15) is 0 Å². The Kier molecular flexibility index (Phi) is 10.8. The van der Waals surface area contributed by atoms with Crippen LogP contribution in [0.25, 0.3) is 0 Å². The van der Waals surface area contributed by atoms with Crippen LogP contribution < -0.4 is 5.73 Å². The smallest absolute Gasteiger partial charge is 0.306 e. The van der Waals surface area contributed by atoms with Crippen LogP contribution in [0.5, 0.6) is 5.75 Å². The monoisotopic (exact) mass is 487 g/mol. The van der Waals surface area contributed by atoms with Crippen molar-refractivity contribution >= 4 is 34.6 Å². The first kappa shape index (κ1) is 27.6. The van der Waals surface area contributed by atoms with Crippen LogP contribution in [0.2, 0.25) is 5.02 Å². The average Bonchev–Trinajstić information content (AvgIpc) is 2.77. The molecular formula is C27H38ClN3O3. The first-order chi connectivity index (χ1) is 16.1. The molecule has 0 aliphatic rings. The third-order valence-corrected chi connectivity index (χ3v) is 5.83. The zero-order valence-electron chi connectivity index (χ0n) is 20.9. The molecule has 6 nitrogen and oxygen atoms in total. The van der Waals surface area contributed by atoms with Gasteiger partial charge in [-0.05, 0) is 48.1 Å². The number of halogens is 1. The van der Waals surface area contributed by atoms with E-state index < -0.39 is 0 Å². The molecule has 2 aromatic carbocycles. The van der Waals surface area contributed by atoms with Crippen LogP contribution in [0, 0.1) is 0 Å². The molecule has 0 radical (unpaired) electrons. The first-order valence-electron chi connectivity index (χ1n) is 12.1. The maximum atomic E-state index is 12.2. The highest BCUT2D eigenvalue weighted by Gasteiger charge is 2.22. The highest BCUT2D eigenvalue weighted by Crippen LogP contribution is 2.40. The predicted octanol–water partition coefficient (Wildman–Crippen LogP) is 8.18. The number of aryl methyl sites for hydroxylation is 1. The van der Waals surface area contributed by atoms with Gasteiger partial charge in [-0.1, -0.05) is 77.5 Å². The number of hydrogen-bond acceptors (Lipinski definition) is 6. The second kappa shape index (κ2) is 13.3. The summed E-state index contributed by atoms with van der Waals surface area (Å²) in [5, 5.41) is 19.8. The van der Waals surface area contributed by atoms with Crippen molar-refractivity contribution in [1.82, 2.24) is 0 Å². The quantitative estimate of drug-likeness (QED) is 0.136. The van der Waals surface area contributed by atoms with E-state index >= 15 is 0 Å². The van der Waals surface area contributed by atoms with Crippen molar-refractivity contribution in [3.8, 4) is 5.75 Å².